The van der Waals surface area contributed by atoms with Gasteiger partial charge in [-0.05, 0) is 25.0 Å². The number of nitrogens with two attached hydrogens (primary N) is 1. The van der Waals surface area contributed by atoms with E-state index in [1.54, 1.807) is 7.11 Å². The first kappa shape index (κ1) is 12.9. The summed E-state index contributed by atoms with van der Waals surface area (Å²) >= 11 is 0. The molecule has 0 radical (unpaired) electrons. The van der Waals surface area contributed by atoms with E-state index in [9.17, 15) is 0 Å². The largest absolute Gasteiger partial charge is 0.380 e. The molecule has 1 aromatic rings. The SMILES string of the molecule is COCc1ccccc1C1CN=C(N)N1C(C)C. The number of nitrogens with zero attached hydrogens (tertiary/aromatic N) is 2. The molecule has 1 aliphatic heterocycles. The number of hydrogen-bond donors (Lipinski definition) is 1. The van der Waals surface area contributed by atoms with Gasteiger partial charge in [-0.25, -0.2) is 0 Å². The molecule has 1 aromatic carbocycles. The Hall–Kier alpha value is -1.55. The van der Waals surface area contributed by atoms with Gasteiger partial charge in [0, 0.05) is 13.2 Å². The number of benzene rings is 1. The van der Waals surface area contributed by atoms with Crippen molar-refractivity contribution in [2.75, 3.05) is 13.7 Å². The lowest BCUT2D eigenvalue weighted by atomic mass is 9.99. The van der Waals surface area contributed by atoms with Crippen molar-refractivity contribution in [3.05, 3.63) is 35.4 Å². The van der Waals surface area contributed by atoms with Crippen LogP contribution < -0.4 is 5.73 Å². The minimum Gasteiger partial charge on any atom is -0.380 e. The molecular weight excluding hydrogens is 226 g/mol. The third-order valence-electron chi connectivity index (χ3n) is 3.30. The van der Waals surface area contributed by atoms with E-state index < -0.39 is 0 Å². The molecule has 2 N–H and O–H groups in total. The van der Waals surface area contributed by atoms with Gasteiger partial charge in [-0.1, -0.05) is 24.3 Å². The van der Waals surface area contributed by atoms with Crippen LogP contribution >= 0.6 is 0 Å². The second kappa shape index (κ2) is 5.40. The highest BCUT2D eigenvalue weighted by Crippen LogP contribution is 2.30. The van der Waals surface area contributed by atoms with Crippen LogP contribution in [0.2, 0.25) is 0 Å². The highest BCUT2D eigenvalue weighted by Gasteiger charge is 2.30. The summed E-state index contributed by atoms with van der Waals surface area (Å²) in [6.45, 7) is 5.63. The Morgan fingerprint density at radius 3 is 2.83 bits per heavy atom. The predicted molar refractivity (Wildman–Crippen MR) is 73.4 cm³/mol. The lowest BCUT2D eigenvalue weighted by molar-refractivity contribution is 0.182. The summed E-state index contributed by atoms with van der Waals surface area (Å²) in [5, 5.41) is 0. The number of guanidine groups is 1. The molecule has 0 fully saturated rings. The maximum Gasteiger partial charge on any atom is 0.192 e. The second-order valence-electron chi connectivity index (χ2n) is 4.85. The van der Waals surface area contributed by atoms with Crippen molar-refractivity contribution in [2.45, 2.75) is 32.5 Å². The zero-order valence-corrected chi connectivity index (χ0v) is 11.3. The van der Waals surface area contributed by atoms with Crippen molar-refractivity contribution in [2.24, 2.45) is 10.7 Å². The van der Waals surface area contributed by atoms with Crippen LogP contribution in [0.4, 0.5) is 0 Å². The minimum atomic E-state index is 0.233. The second-order valence-corrected chi connectivity index (χ2v) is 4.85. The fourth-order valence-corrected chi connectivity index (χ4v) is 2.53. The quantitative estimate of drug-likeness (QED) is 0.884. The Morgan fingerprint density at radius 1 is 1.44 bits per heavy atom. The molecule has 2 rings (SSSR count). The molecule has 4 heteroatoms. The maximum absolute atomic E-state index is 5.98. The van der Waals surface area contributed by atoms with Gasteiger partial charge in [-0.2, -0.15) is 0 Å². The van der Waals surface area contributed by atoms with E-state index in [1.165, 1.54) is 11.1 Å². The number of rotatable bonds is 4. The zero-order chi connectivity index (χ0) is 13.1. The molecule has 1 aliphatic rings. The Labute approximate surface area is 108 Å². The molecule has 18 heavy (non-hydrogen) atoms. The van der Waals surface area contributed by atoms with Gasteiger partial charge < -0.3 is 15.4 Å². The van der Waals surface area contributed by atoms with Crippen molar-refractivity contribution in [3.8, 4) is 0 Å². The van der Waals surface area contributed by atoms with Crippen LogP contribution in [0.15, 0.2) is 29.3 Å². The van der Waals surface area contributed by atoms with Crippen molar-refractivity contribution in [3.63, 3.8) is 0 Å². The lowest BCUT2D eigenvalue weighted by Gasteiger charge is -2.31. The Balaban J connectivity index is 2.32. The molecule has 98 valence electrons. The minimum absolute atomic E-state index is 0.233. The first-order valence-corrected chi connectivity index (χ1v) is 6.30. The average molecular weight is 247 g/mol. The third-order valence-corrected chi connectivity index (χ3v) is 3.30. The van der Waals surface area contributed by atoms with Gasteiger partial charge in [0.25, 0.3) is 0 Å². The number of ether oxygens (including phenoxy) is 1. The first-order chi connectivity index (χ1) is 8.65. The lowest BCUT2D eigenvalue weighted by Crippen LogP contribution is -2.41. The Bertz CT molecular complexity index is 442. The first-order valence-electron chi connectivity index (χ1n) is 6.30. The highest BCUT2D eigenvalue weighted by molar-refractivity contribution is 5.80. The van der Waals surface area contributed by atoms with Gasteiger partial charge in [0.1, 0.15) is 0 Å². The van der Waals surface area contributed by atoms with Crippen LogP contribution in [-0.4, -0.2) is 30.6 Å². The fourth-order valence-electron chi connectivity index (χ4n) is 2.53. The summed E-state index contributed by atoms with van der Waals surface area (Å²) in [6.07, 6.45) is 0. The van der Waals surface area contributed by atoms with Crippen LogP contribution in [-0.2, 0) is 11.3 Å². The molecule has 0 amide bonds. The smallest absolute Gasteiger partial charge is 0.192 e. The van der Waals surface area contributed by atoms with Gasteiger partial charge in [0.2, 0.25) is 0 Å². The van der Waals surface area contributed by atoms with Crippen molar-refractivity contribution in [1.82, 2.24) is 4.90 Å². The topological polar surface area (TPSA) is 50.9 Å². The molecule has 0 aromatic heterocycles. The summed E-state index contributed by atoms with van der Waals surface area (Å²) < 4.78 is 5.26. The molecule has 4 nitrogen and oxygen atoms in total. The van der Waals surface area contributed by atoms with E-state index in [0.29, 0.717) is 18.6 Å². The molecule has 0 saturated heterocycles. The van der Waals surface area contributed by atoms with Crippen molar-refractivity contribution in [1.29, 1.82) is 0 Å². The molecule has 0 saturated carbocycles. The third kappa shape index (κ3) is 2.34. The molecule has 0 aliphatic carbocycles. The monoisotopic (exact) mass is 247 g/mol. The normalized spacial score (nSPS) is 19.4. The van der Waals surface area contributed by atoms with Crippen molar-refractivity contribution >= 4 is 5.96 Å². The zero-order valence-electron chi connectivity index (χ0n) is 11.3. The molecule has 1 unspecified atom stereocenters. The van der Waals surface area contributed by atoms with Gasteiger partial charge in [-0.15, -0.1) is 0 Å². The van der Waals surface area contributed by atoms with Crippen LogP contribution in [0.5, 0.6) is 0 Å². The molecule has 1 atom stereocenters. The van der Waals surface area contributed by atoms with Crippen LogP contribution in [0, 0.1) is 0 Å². The van der Waals surface area contributed by atoms with E-state index >= 15 is 0 Å². The Kier molecular flexibility index (Phi) is 3.87. The average Bonchev–Trinajstić information content (AvgIpc) is 2.72. The molecular formula is C14H21N3O. The van der Waals surface area contributed by atoms with E-state index in [-0.39, 0.29) is 6.04 Å². The standard InChI is InChI=1S/C14H21N3O/c1-10(2)17-13(8-16-14(17)15)12-7-5-4-6-11(12)9-18-3/h4-7,10,13H,8-9H2,1-3H3,(H2,15,16). The fraction of sp³-hybridized carbons (Fsp3) is 0.500. The summed E-state index contributed by atoms with van der Waals surface area (Å²) in [4.78, 5) is 6.55. The summed E-state index contributed by atoms with van der Waals surface area (Å²) in [5.74, 6) is 0.641. The van der Waals surface area contributed by atoms with Crippen molar-refractivity contribution < 1.29 is 4.74 Å². The number of aliphatic imine (C=N–C) groups is 1. The van der Waals surface area contributed by atoms with Gasteiger partial charge in [-0.3, -0.25) is 4.99 Å². The molecule has 0 spiro atoms. The predicted octanol–water partition coefficient (Wildman–Crippen LogP) is 1.91. The Morgan fingerprint density at radius 2 is 2.17 bits per heavy atom. The maximum atomic E-state index is 5.98. The molecule has 1 heterocycles. The van der Waals surface area contributed by atoms with E-state index in [0.717, 1.165) is 6.54 Å². The van der Waals surface area contributed by atoms with E-state index in [2.05, 4.69) is 41.9 Å². The van der Waals surface area contributed by atoms with Gasteiger partial charge >= 0.3 is 0 Å². The van der Waals surface area contributed by atoms with E-state index in [1.807, 2.05) is 6.07 Å². The summed E-state index contributed by atoms with van der Waals surface area (Å²) in [5.41, 5.74) is 8.45. The number of hydrogen-bond acceptors (Lipinski definition) is 4. The van der Waals surface area contributed by atoms with Crippen LogP contribution in [0.3, 0.4) is 0 Å². The van der Waals surface area contributed by atoms with Gasteiger partial charge in [0.15, 0.2) is 5.96 Å². The number of methoxy groups -OCH3 is 1. The van der Waals surface area contributed by atoms with Crippen LogP contribution in [0.25, 0.3) is 0 Å². The highest BCUT2D eigenvalue weighted by atomic mass is 16.5. The summed E-state index contributed by atoms with van der Waals surface area (Å²) in [6, 6.07) is 8.92. The van der Waals surface area contributed by atoms with E-state index in [4.69, 9.17) is 10.5 Å². The van der Waals surface area contributed by atoms with Gasteiger partial charge in [0.05, 0.1) is 19.2 Å². The molecule has 0 bridgehead atoms. The van der Waals surface area contributed by atoms with Crippen LogP contribution in [0.1, 0.15) is 31.0 Å². The summed E-state index contributed by atoms with van der Waals surface area (Å²) in [7, 11) is 1.72.